The van der Waals surface area contributed by atoms with Gasteiger partial charge in [-0.05, 0) is 38.0 Å². The second-order valence-corrected chi connectivity index (χ2v) is 5.38. The molecule has 0 aliphatic rings. The third-order valence-electron chi connectivity index (χ3n) is 2.98. The Morgan fingerprint density at radius 1 is 1.29 bits per heavy atom. The van der Waals surface area contributed by atoms with Crippen molar-refractivity contribution in [2.24, 2.45) is 0 Å². The van der Waals surface area contributed by atoms with Crippen molar-refractivity contribution in [3.8, 4) is 5.88 Å². The van der Waals surface area contributed by atoms with Gasteiger partial charge >= 0.3 is 0 Å². The van der Waals surface area contributed by atoms with E-state index in [9.17, 15) is 0 Å². The monoisotopic (exact) mass is 305 g/mol. The summed E-state index contributed by atoms with van der Waals surface area (Å²) in [5, 5.41) is 4.00. The molecule has 21 heavy (non-hydrogen) atoms. The molecule has 1 aromatic carbocycles. The van der Waals surface area contributed by atoms with Crippen molar-refractivity contribution in [2.75, 3.05) is 11.9 Å². The van der Waals surface area contributed by atoms with E-state index in [1.807, 2.05) is 44.2 Å². The first-order valence-electron chi connectivity index (χ1n) is 7.09. The Hall–Kier alpha value is -1.81. The highest BCUT2D eigenvalue weighted by molar-refractivity contribution is 6.30. The van der Waals surface area contributed by atoms with Crippen molar-refractivity contribution in [2.45, 2.75) is 33.2 Å². The topological polar surface area (TPSA) is 47.0 Å². The molecule has 0 fully saturated rings. The minimum Gasteiger partial charge on any atom is -0.478 e. The number of aryl methyl sites for hydroxylation is 1. The van der Waals surface area contributed by atoms with Crippen LogP contribution >= 0.6 is 11.6 Å². The Bertz CT molecular complexity index is 604. The molecule has 2 rings (SSSR count). The highest BCUT2D eigenvalue weighted by Gasteiger charge is 2.09. The van der Waals surface area contributed by atoms with E-state index in [-0.39, 0.29) is 6.04 Å². The molecule has 0 amide bonds. The lowest BCUT2D eigenvalue weighted by Gasteiger charge is -2.15. The second kappa shape index (κ2) is 7.27. The molecule has 4 nitrogen and oxygen atoms in total. The molecule has 2 aromatic rings. The van der Waals surface area contributed by atoms with Gasteiger partial charge in [-0.25, -0.2) is 4.98 Å². The number of halogens is 1. The summed E-state index contributed by atoms with van der Waals surface area (Å²) >= 11 is 6.02. The lowest BCUT2D eigenvalue weighted by Crippen LogP contribution is -2.11. The highest BCUT2D eigenvalue weighted by atomic mass is 35.5. The number of nitrogens with one attached hydrogen (secondary N) is 1. The normalized spacial score (nSPS) is 12.0. The largest absolute Gasteiger partial charge is 0.478 e. The molecule has 0 saturated carbocycles. The summed E-state index contributed by atoms with van der Waals surface area (Å²) in [7, 11) is 0. The van der Waals surface area contributed by atoms with Gasteiger partial charge in [-0.15, -0.1) is 0 Å². The molecule has 0 bridgehead atoms. The Kier molecular flexibility index (Phi) is 5.39. The SMILES string of the molecule is CCCOc1cc(C)nc(NC(C)c2cccc(Cl)c2)n1. The van der Waals surface area contributed by atoms with E-state index in [2.05, 4.69) is 22.2 Å². The fourth-order valence-corrected chi connectivity index (χ4v) is 2.14. The fourth-order valence-electron chi connectivity index (χ4n) is 1.94. The third-order valence-corrected chi connectivity index (χ3v) is 3.21. The van der Waals surface area contributed by atoms with E-state index in [1.54, 1.807) is 0 Å². The molecule has 0 aliphatic heterocycles. The molecule has 1 atom stereocenters. The van der Waals surface area contributed by atoms with Gasteiger partial charge in [0, 0.05) is 16.8 Å². The van der Waals surface area contributed by atoms with E-state index in [0.717, 1.165) is 22.7 Å². The minimum absolute atomic E-state index is 0.0597. The van der Waals surface area contributed by atoms with Crippen LogP contribution in [-0.2, 0) is 0 Å². The van der Waals surface area contributed by atoms with E-state index in [4.69, 9.17) is 16.3 Å². The van der Waals surface area contributed by atoms with Crippen LogP contribution < -0.4 is 10.1 Å². The van der Waals surface area contributed by atoms with Crippen molar-refractivity contribution < 1.29 is 4.74 Å². The van der Waals surface area contributed by atoms with Gasteiger partial charge in [0.25, 0.3) is 0 Å². The first-order chi connectivity index (χ1) is 10.1. The van der Waals surface area contributed by atoms with Crippen LogP contribution in [0.5, 0.6) is 5.88 Å². The molecule has 0 radical (unpaired) electrons. The molecule has 1 N–H and O–H groups in total. The van der Waals surface area contributed by atoms with Crippen LogP contribution in [0.1, 0.15) is 37.6 Å². The summed E-state index contributed by atoms with van der Waals surface area (Å²) in [6.45, 7) is 6.69. The zero-order valence-electron chi connectivity index (χ0n) is 12.6. The van der Waals surface area contributed by atoms with Gasteiger partial charge in [-0.3, -0.25) is 0 Å². The summed E-state index contributed by atoms with van der Waals surface area (Å²) in [6, 6.07) is 9.65. The van der Waals surface area contributed by atoms with Crippen LogP contribution in [0, 0.1) is 6.92 Å². The van der Waals surface area contributed by atoms with Crippen molar-refractivity contribution in [1.82, 2.24) is 9.97 Å². The minimum atomic E-state index is 0.0597. The maximum absolute atomic E-state index is 6.02. The number of ether oxygens (including phenoxy) is 1. The average Bonchev–Trinajstić information content (AvgIpc) is 2.44. The van der Waals surface area contributed by atoms with Gasteiger partial charge in [0.05, 0.1) is 12.6 Å². The van der Waals surface area contributed by atoms with E-state index in [0.29, 0.717) is 18.4 Å². The summed E-state index contributed by atoms with van der Waals surface area (Å²) in [6.07, 6.45) is 0.949. The maximum Gasteiger partial charge on any atom is 0.226 e. The van der Waals surface area contributed by atoms with Crippen LogP contribution in [0.25, 0.3) is 0 Å². The van der Waals surface area contributed by atoms with Crippen LogP contribution in [0.3, 0.4) is 0 Å². The van der Waals surface area contributed by atoms with Crippen LogP contribution in [-0.4, -0.2) is 16.6 Å². The molecule has 0 spiro atoms. The lowest BCUT2D eigenvalue weighted by molar-refractivity contribution is 0.305. The summed E-state index contributed by atoms with van der Waals surface area (Å²) in [5.74, 6) is 1.17. The van der Waals surface area contributed by atoms with E-state index in [1.165, 1.54) is 0 Å². The molecule has 0 aliphatic carbocycles. The number of hydrogen-bond acceptors (Lipinski definition) is 4. The van der Waals surface area contributed by atoms with E-state index >= 15 is 0 Å². The van der Waals surface area contributed by atoms with Crippen LogP contribution in [0.15, 0.2) is 30.3 Å². The van der Waals surface area contributed by atoms with Crippen molar-refractivity contribution in [3.05, 3.63) is 46.6 Å². The summed E-state index contributed by atoms with van der Waals surface area (Å²) in [4.78, 5) is 8.78. The van der Waals surface area contributed by atoms with E-state index < -0.39 is 0 Å². The fraction of sp³-hybridized carbons (Fsp3) is 0.375. The summed E-state index contributed by atoms with van der Waals surface area (Å²) < 4.78 is 5.57. The third kappa shape index (κ3) is 4.60. The molecule has 1 unspecified atom stereocenters. The molecule has 1 aromatic heterocycles. The highest BCUT2D eigenvalue weighted by Crippen LogP contribution is 2.21. The maximum atomic E-state index is 6.02. The molecule has 0 saturated heterocycles. The first-order valence-corrected chi connectivity index (χ1v) is 7.46. The Balaban J connectivity index is 2.13. The predicted octanol–water partition coefficient (Wildman–Crippen LogP) is 4.40. The Morgan fingerprint density at radius 2 is 2.10 bits per heavy atom. The molecular weight excluding hydrogens is 286 g/mol. The average molecular weight is 306 g/mol. The predicted molar refractivity (Wildman–Crippen MR) is 86.0 cm³/mol. The van der Waals surface area contributed by atoms with Gasteiger partial charge in [-0.2, -0.15) is 4.98 Å². The molecule has 1 heterocycles. The lowest BCUT2D eigenvalue weighted by atomic mass is 10.1. The van der Waals surface area contributed by atoms with Crippen molar-refractivity contribution in [3.63, 3.8) is 0 Å². The number of anilines is 1. The number of hydrogen-bond donors (Lipinski definition) is 1. The zero-order chi connectivity index (χ0) is 15.2. The smallest absolute Gasteiger partial charge is 0.226 e. The Labute approximate surface area is 130 Å². The zero-order valence-corrected chi connectivity index (χ0v) is 13.3. The molecular formula is C16H20ClN3O. The quantitative estimate of drug-likeness (QED) is 0.859. The van der Waals surface area contributed by atoms with Crippen LogP contribution in [0.2, 0.25) is 5.02 Å². The van der Waals surface area contributed by atoms with Gasteiger partial charge in [0.15, 0.2) is 0 Å². The number of nitrogens with zero attached hydrogens (tertiary/aromatic N) is 2. The van der Waals surface area contributed by atoms with Gasteiger partial charge in [0.2, 0.25) is 11.8 Å². The standard InChI is InChI=1S/C16H20ClN3O/c1-4-8-21-15-9-11(2)18-16(20-15)19-12(3)13-6-5-7-14(17)10-13/h5-7,9-10,12H,4,8H2,1-3H3,(H,18,19,20). The number of aromatic nitrogens is 2. The second-order valence-electron chi connectivity index (χ2n) is 4.94. The van der Waals surface area contributed by atoms with Crippen LogP contribution in [0.4, 0.5) is 5.95 Å². The van der Waals surface area contributed by atoms with Gasteiger partial charge in [0.1, 0.15) is 0 Å². The van der Waals surface area contributed by atoms with Gasteiger partial charge < -0.3 is 10.1 Å². The van der Waals surface area contributed by atoms with Crippen molar-refractivity contribution in [1.29, 1.82) is 0 Å². The number of benzene rings is 1. The number of rotatable bonds is 6. The van der Waals surface area contributed by atoms with Gasteiger partial charge in [-0.1, -0.05) is 30.7 Å². The van der Waals surface area contributed by atoms with Crippen molar-refractivity contribution >= 4 is 17.5 Å². The summed E-state index contributed by atoms with van der Waals surface area (Å²) in [5.41, 5.74) is 1.96. The molecule has 112 valence electrons. The Morgan fingerprint density at radius 3 is 2.81 bits per heavy atom. The molecule has 5 heteroatoms. The first kappa shape index (κ1) is 15.6.